The van der Waals surface area contributed by atoms with Gasteiger partial charge in [-0.05, 0) is 78.9 Å². The molecule has 0 unspecified atom stereocenters. The fourth-order valence-electron chi connectivity index (χ4n) is 5.66. The fourth-order valence-corrected chi connectivity index (χ4v) is 6.11. The molecule has 4 bridgehead atoms. The average molecular weight is 369 g/mol. The summed E-state index contributed by atoms with van der Waals surface area (Å²) in [6, 6.07) is 6.48. The molecule has 1 aromatic carbocycles. The zero-order valence-corrected chi connectivity index (χ0v) is 17.7. The highest BCUT2D eigenvalue weighted by Gasteiger charge is 2.45. The molecule has 4 aliphatic rings. The molecule has 0 aliphatic heterocycles. The Bertz CT molecular complexity index is 656. The van der Waals surface area contributed by atoms with Crippen LogP contribution in [0.4, 0.5) is 0 Å². The van der Waals surface area contributed by atoms with E-state index in [9.17, 15) is 0 Å². The molecule has 0 amide bonds. The van der Waals surface area contributed by atoms with Crippen LogP contribution in [0.2, 0.25) is 6.55 Å². The Morgan fingerprint density at radius 3 is 2.27 bits per heavy atom. The van der Waals surface area contributed by atoms with E-state index in [1.165, 1.54) is 43.2 Å². The largest absolute Gasteiger partial charge is 0.541 e. The summed E-state index contributed by atoms with van der Waals surface area (Å²) in [4.78, 5) is 0. The van der Waals surface area contributed by atoms with Crippen LogP contribution in [0.1, 0.15) is 64.0 Å². The molecule has 0 N–H and O–H groups in total. The topological polar surface area (TPSA) is 18.5 Å². The predicted molar refractivity (Wildman–Crippen MR) is 107 cm³/mol. The number of allylic oxidation sites excluding steroid dienone is 1. The second kappa shape index (κ2) is 7.07. The van der Waals surface area contributed by atoms with E-state index >= 15 is 0 Å². The second-order valence-electron chi connectivity index (χ2n) is 9.58. The van der Waals surface area contributed by atoms with E-state index < -0.39 is 0 Å². The number of para-hydroxylation sites is 1. The number of hydrogen-bond donors (Lipinski definition) is 0. The van der Waals surface area contributed by atoms with Crippen LogP contribution in [-0.4, -0.2) is 9.76 Å². The maximum absolute atomic E-state index is 6.16. The quantitative estimate of drug-likeness (QED) is 0.477. The molecule has 0 atom stereocenters. The van der Waals surface area contributed by atoms with E-state index in [0.717, 1.165) is 29.4 Å². The zero-order valence-electron chi connectivity index (χ0n) is 16.7. The highest BCUT2D eigenvalue weighted by Crippen LogP contribution is 2.56. The maximum Gasteiger partial charge on any atom is 0.307 e. The lowest BCUT2D eigenvalue weighted by Gasteiger charge is -2.51. The van der Waals surface area contributed by atoms with Gasteiger partial charge in [0.15, 0.2) is 0 Å². The first-order valence-electron chi connectivity index (χ1n) is 10.2. The lowest BCUT2D eigenvalue weighted by molar-refractivity contribution is 0.0631. The van der Waals surface area contributed by atoms with Gasteiger partial charge in [-0.15, -0.1) is 0 Å². The summed E-state index contributed by atoms with van der Waals surface area (Å²) < 4.78 is 12.2. The van der Waals surface area contributed by atoms with Crippen molar-refractivity contribution in [1.82, 2.24) is 0 Å². The number of ether oxygens (including phenoxy) is 1. The van der Waals surface area contributed by atoms with Crippen LogP contribution in [-0.2, 0) is 16.8 Å². The van der Waals surface area contributed by atoms with Crippen molar-refractivity contribution in [1.29, 1.82) is 0 Å². The molecular formula is C23H32O2Si. The van der Waals surface area contributed by atoms with Crippen LogP contribution in [0, 0.1) is 23.7 Å². The molecule has 4 aliphatic carbocycles. The minimum absolute atomic E-state index is 0.0743. The molecule has 1 aromatic rings. The Morgan fingerprint density at radius 2 is 1.69 bits per heavy atom. The first kappa shape index (κ1) is 18.2. The van der Waals surface area contributed by atoms with Gasteiger partial charge in [-0.25, -0.2) is 0 Å². The van der Waals surface area contributed by atoms with Crippen LogP contribution in [0.15, 0.2) is 30.0 Å². The van der Waals surface area contributed by atoms with Crippen molar-refractivity contribution in [3.05, 3.63) is 41.2 Å². The van der Waals surface area contributed by atoms with Gasteiger partial charge in [0, 0.05) is 5.56 Å². The minimum Gasteiger partial charge on any atom is -0.541 e. The van der Waals surface area contributed by atoms with E-state index in [2.05, 4.69) is 51.8 Å². The molecule has 0 spiro atoms. The van der Waals surface area contributed by atoms with Crippen LogP contribution < -0.4 is 4.43 Å². The van der Waals surface area contributed by atoms with Gasteiger partial charge < -0.3 is 9.16 Å². The normalized spacial score (nSPS) is 29.8. The van der Waals surface area contributed by atoms with E-state index in [0.29, 0.717) is 16.4 Å². The van der Waals surface area contributed by atoms with Gasteiger partial charge in [0.25, 0.3) is 0 Å². The summed E-state index contributed by atoms with van der Waals surface area (Å²) in [6.45, 7) is 9.43. The molecule has 4 saturated carbocycles. The van der Waals surface area contributed by atoms with Gasteiger partial charge in [-0.2, -0.15) is 0 Å². The number of benzene rings is 1. The van der Waals surface area contributed by atoms with Gasteiger partial charge in [0.05, 0.1) is 6.26 Å². The van der Waals surface area contributed by atoms with Gasteiger partial charge >= 0.3 is 9.76 Å². The highest BCUT2D eigenvalue weighted by atomic mass is 28.2. The molecule has 26 heavy (non-hydrogen) atoms. The van der Waals surface area contributed by atoms with Crippen LogP contribution in [0.25, 0.3) is 0 Å². The van der Waals surface area contributed by atoms with Crippen molar-refractivity contribution in [2.75, 3.05) is 0 Å². The lowest BCUT2D eigenvalue weighted by atomic mass is 9.54. The Labute approximate surface area is 161 Å². The Balaban J connectivity index is 1.50. The van der Waals surface area contributed by atoms with Crippen molar-refractivity contribution < 1.29 is 9.16 Å². The molecule has 0 heterocycles. The molecule has 140 valence electrons. The molecule has 2 nitrogen and oxygen atoms in total. The summed E-state index contributed by atoms with van der Waals surface area (Å²) in [5.74, 6) is 4.65. The third-order valence-electron chi connectivity index (χ3n) is 6.65. The van der Waals surface area contributed by atoms with Crippen molar-refractivity contribution >= 4 is 9.76 Å². The maximum atomic E-state index is 6.16. The Hall–Kier alpha value is -1.22. The third kappa shape index (κ3) is 3.47. The van der Waals surface area contributed by atoms with E-state index in [4.69, 9.17) is 9.16 Å². The third-order valence-corrected chi connectivity index (χ3v) is 7.06. The van der Waals surface area contributed by atoms with E-state index in [1.807, 2.05) is 0 Å². The monoisotopic (exact) mass is 368 g/mol. The molecule has 0 aromatic heterocycles. The second-order valence-corrected chi connectivity index (χ2v) is 10.2. The van der Waals surface area contributed by atoms with Crippen LogP contribution in [0.5, 0.6) is 5.75 Å². The van der Waals surface area contributed by atoms with Crippen LogP contribution in [0.3, 0.4) is 0 Å². The van der Waals surface area contributed by atoms with Crippen LogP contribution >= 0.6 is 0 Å². The smallest absolute Gasteiger partial charge is 0.307 e. The van der Waals surface area contributed by atoms with Crippen molar-refractivity contribution in [2.45, 2.75) is 71.4 Å². The highest BCUT2D eigenvalue weighted by molar-refractivity contribution is 6.26. The summed E-state index contributed by atoms with van der Waals surface area (Å²) >= 11 is 0. The van der Waals surface area contributed by atoms with Gasteiger partial charge in [-0.3, -0.25) is 0 Å². The first-order valence-corrected chi connectivity index (χ1v) is 11.6. The number of hydrogen-bond acceptors (Lipinski definition) is 2. The minimum atomic E-state index is 0.0743. The fraction of sp³-hybridized carbons (Fsp3) is 0.652. The van der Waals surface area contributed by atoms with Crippen molar-refractivity contribution in [3.63, 3.8) is 0 Å². The molecule has 3 heteroatoms. The summed E-state index contributed by atoms with van der Waals surface area (Å²) in [5, 5.41) is 0. The first-order chi connectivity index (χ1) is 12.5. The molecule has 4 fully saturated rings. The van der Waals surface area contributed by atoms with Gasteiger partial charge in [0.1, 0.15) is 12.4 Å². The average Bonchev–Trinajstić information content (AvgIpc) is 2.57. The van der Waals surface area contributed by atoms with Crippen molar-refractivity contribution in [3.8, 4) is 5.75 Å². The number of rotatable bonds is 5. The summed E-state index contributed by atoms with van der Waals surface area (Å²) in [7, 11) is 0.449. The van der Waals surface area contributed by atoms with Gasteiger partial charge in [-0.1, -0.05) is 39.0 Å². The molecule has 5 rings (SSSR count). The molecule has 0 saturated heterocycles. The van der Waals surface area contributed by atoms with E-state index in [1.54, 1.807) is 5.57 Å². The lowest BCUT2D eigenvalue weighted by Crippen LogP contribution is -2.40. The van der Waals surface area contributed by atoms with E-state index in [-0.39, 0.29) is 5.41 Å². The van der Waals surface area contributed by atoms with Crippen molar-refractivity contribution in [2.24, 2.45) is 23.7 Å². The van der Waals surface area contributed by atoms with Gasteiger partial charge in [0.2, 0.25) is 0 Å². The predicted octanol–water partition coefficient (Wildman–Crippen LogP) is 5.89. The Kier molecular flexibility index (Phi) is 4.94. The Morgan fingerprint density at radius 1 is 1.04 bits per heavy atom. The SMILES string of the molecule is C[Si]Oc1c(COC=C2C3CC4CC(C3)CC2C4)cccc1C(C)(C)C. The zero-order chi connectivity index (χ0) is 18.3. The molecule has 2 radical (unpaired) electrons. The summed E-state index contributed by atoms with van der Waals surface area (Å²) in [6.07, 6.45) is 9.27. The molecular weight excluding hydrogens is 336 g/mol. The standard InChI is InChI=1S/C23H32O2Si/c1-23(2,3)21-7-5-6-17(22(21)25-26-4)13-24-14-20-18-9-15-8-16(11-18)12-19(20)10-15/h5-7,14-16,18-19H,8-13H2,1-4H3. The summed E-state index contributed by atoms with van der Waals surface area (Å²) in [5.41, 5.74) is 4.14.